The molecule has 0 atom stereocenters. The highest BCUT2D eigenvalue weighted by atomic mass is 16.4. The van der Waals surface area contributed by atoms with Crippen LogP contribution in [-0.2, 0) is 0 Å². The minimum Gasteiger partial charge on any atom is -0.464 e. The van der Waals surface area contributed by atoms with E-state index in [4.69, 9.17) is 0 Å². The molecule has 2 aliphatic heterocycles. The molecule has 1 aromatic heterocycles. The fourth-order valence-corrected chi connectivity index (χ4v) is 1.81. The lowest BCUT2D eigenvalue weighted by molar-refractivity contribution is 0.203. The van der Waals surface area contributed by atoms with Gasteiger partial charge >= 0.3 is 6.09 Å². The smallest absolute Gasteiger partial charge is 0.420 e. The Morgan fingerprint density at radius 1 is 1.32 bits per heavy atom. The lowest BCUT2D eigenvalue weighted by Crippen LogP contribution is -2.29. The molecule has 19 heavy (non-hydrogen) atoms. The van der Waals surface area contributed by atoms with Gasteiger partial charge in [-0.05, 0) is 12.1 Å². The maximum Gasteiger partial charge on any atom is 0.420 e. The summed E-state index contributed by atoms with van der Waals surface area (Å²) in [4.78, 5) is 28.5. The molecule has 7 nitrogen and oxygen atoms in total. The Morgan fingerprint density at radius 3 is 2.79 bits per heavy atom. The Labute approximate surface area is 108 Å². The number of carbonyl (C=O) groups is 1. The highest BCUT2D eigenvalue weighted by Gasteiger charge is 2.27. The quantitative estimate of drug-likeness (QED) is 0.869. The second kappa shape index (κ2) is 4.45. The number of amides is 1. The van der Waals surface area contributed by atoms with E-state index in [1.54, 1.807) is 24.6 Å². The fraction of sp³-hybridized carbons (Fsp3) is 0.0833. The normalized spacial score (nSPS) is 16.3. The fourth-order valence-electron chi connectivity index (χ4n) is 1.81. The average Bonchev–Trinajstić information content (AvgIpc) is 2.82. The van der Waals surface area contributed by atoms with Gasteiger partial charge in [0.2, 0.25) is 5.95 Å². The number of aliphatic imine (C=N–C) groups is 2. The predicted molar refractivity (Wildman–Crippen MR) is 69.2 cm³/mol. The standard InChI is InChI=1S/C12H9N5O2/c18-12(19)17(11-14-3-1-4-15-11)10-6-8-7-13-5-2-9(8)16-10/h1,3-7H,2H2,(H,18,19). The molecular weight excluding hydrogens is 246 g/mol. The molecule has 0 fully saturated rings. The number of hydrogen-bond donors (Lipinski definition) is 1. The Hall–Kier alpha value is -2.83. The minimum absolute atomic E-state index is 0.0748. The van der Waals surface area contributed by atoms with Crippen molar-refractivity contribution < 1.29 is 9.90 Å². The number of nitrogens with zero attached hydrogens (tertiary/aromatic N) is 5. The van der Waals surface area contributed by atoms with Crippen LogP contribution in [0.3, 0.4) is 0 Å². The second-order valence-corrected chi connectivity index (χ2v) is 3.85. The van der Waals surface area contributed by atoms with Crippen LogP contribution in [-0.4, -0.2) is 33.1 Å². The average molecular weight is 255 g/mol. The van der Waals surface area contributed by atoms with Gasteiger partial charge in [-0.25, -0.2) is 19.8 Å². The summed E-state index contributed by atoms with van der Waals surface area (Å²) < 4.78 is 0. The Kier molecular flexibility index (Phi) is 2.64. The van der Waals surface area contributed by atoms with Crippen LogP contribution in [0.5, 0.6) is 0 Å². The van der Waals surface area contributed by atoms with Gasteiger partial charge in [0.05, 0.1) is 5.71 Å². The van der Waals surface area contributed by atoms with Gasteiger partial charge in [-0.3, -0.25) is 4.99 Å². The minimum atomic E-state index is -1.18. The summed E-state index contributed by atoms with van der Waals surface area (Å²) in [5, 5.41) is 9.31. The van der Waals surface area contributed by atoms with Crippen LogP contribution in [0.1, 0.15) is 6.42 Å². The monoisotopic (exact) mass is 255 g/mol. The van der Waals surface area contributed by atoms with Crippen molar-refractivity contribution in [2.45, 2.75) is 6.42 Å². The van der Waals surface area contributed by atoms with E-state index in [1.807, 2.05) is 0 Å². The molecule has 1 N–H and O–H groups in total. The predicted octanol–water partition coefficient (Wildman–Crippen LogP) is 1.62. The zero-order valence-corrected chi connectivity index (χ0v) is 9.76. The van der Waals surface area contributed by atoms with Gasteiger partial charge in [-0.2, -0.15) is 4.90 Å². The van der Waals surface area contributed by atoms with Crippen molar-refractivity contribution >= 4 is 24.0 Å². The third kappa shape index (κ3) is 2.01. The SMILES string of the molecule is O=C(O)N(C1=CC2=CN=CCC2=N1)c1ncccn1. The number of rotatable bonds is 2. The van der Waals surface area contributed by atoms with Crippen LogP contribution in [0.25, 0.3) is 0 Å². The molecule has 3 heterocycles. The molecular formula is C12H9N5O2. The number of fused-ring (bicyclic) bond motifs is 1. The number of hydrogen-bond acceptors (Lipinski definition) is 5. The molecule has 94 valence electrons. The molecule has 0 radical (unpaired) electrons. The zero-order valence-electron chi connectivity index (χ0n) is 9.76. The van der Waals surface area contributed by atoms with Crippen LogP contribution in [0.4, 0.5) is 10.7 Å². The van der Waals surface area contributed by atoms with Crippen molar-refractivity contribution in [3.8, 4) is 0 Å². The van der Waals surface area contributed by atoms with E-state index in [0.717, 1.165) is 16.2 Å². The molecule has 0 spiro atoms. The maximum absolute atomic E-state index is 11.4. The Morgan fingerprint density at radius 2 is 2.11 bits per heavy atom. The highest BCUT2D eigenvalue weighted by molar-refractivity contribution is 6.13. The molecule has 2 aliphatic rings. The zero-order chi connectivity index (χ0) is 13.2. The molecule has 1 aromatic rings. The number of carboxylic acid groups (broad SMARTS) is 1. The number of allylic oxidation sites excluding steroid dienone is 2. The summed E-state index contributed by atoms with van der Waals surface area (Å²) in [7, 11) is 0. The highest BCUT2D eigenvalue weighted by Crippen LogP contribution is 2.25. The van der Waals surface area contributed by atoms with Crippen LogP contribution in [0, 0.1) is 0 Å². The van der Waals surface area contributed by atoms with Gasteiger partial charge in [-0.1, -0.05) is 0 Å². The Bertz CT molecular complexity index is 645. The molecule has 3 rings (SSSR count). The van der Waals surface area contributed by atoms with E-state index in [0.29, 0.717) is 6.42 Å². The first-order valence-electron chi connectivity index (χ1n) is 5.57. The molecule has 1 amide bonds. The summed E-state index contributed by atoms with van der Waals surface area (Å²) in [6.45, 7) is 0. The van der Waals surface area contributed by atoms with E-state index >= 15 is 0 Å². The summed E-state index contributed by atoms with van der Waals surface area (Å²) in [6, 6.07) is 1.62. The van der Waals surface area contributed by atoms with Crippen LogP contribution < -0.4 is 4.90 Å². The van der Waals surface area contributed by atoms with Gasteiger partial charge in [0.25, 0.3) is 0 Å². The lowest BCUT2D eigenvalue weighted by atomic mass is 10.1. The van der Waals surface area contributed by atoms with E-state index in [9.17, 15) is 9.90 Å². The summed E-state index contributed by atoms with van der Waals surface area (Å²) >= 11 is 0. The van der Waals surface area contributed by atoms with E-state index in [1.165, 1.54) is 12.4 Å². The van der Waals surface area contributed by atoms with Crippen molar-refractivity contribution in [3.05, 3.63) is 42.1 Å². The Balaban J connectivity index is 2.00. The molecule has 0 saturated heterocycles. The van der Waals surface area contributed by atoms with Crippen molar-refractivity contribution in [2.24, 2.45) is 9.98 Å². The first-order valence-corrected chi connectivity index (χ1v) is 5.57. The second-order valence-electron chi connectivity index (χ2n) is 3.85. The van der Waals surface area contributed by atoms with Gasteiger partial charge in [0, 0.05) is 36.8 Å². The van der Waals surface area contributed by atoms with Crippen molar-refractivity contribution in [1.29, 1.82) is 0 Å². The van der Waals surface area contributed by atoms with Crippen molar-refractivity contribution in [2.75, 3.05) is 4.90 Å². The van der Waals surface area contributed by atoms with E-state index in [2.05, 4.69) is 20.0 Å². The van der Waals surface area contributed by atoms with Gasteiger partial charge in [-0.15, -0.1) is 0 Å². The third-order valence-electron chi connectivity index (χ3n) is 2.64. The van der Waals surface area contributed by atoms with Crippen LogP contribution >= 0.6 is 0 Å². The van der Waals surface area contributed by atoms with Crippen molar-refractivity contribution in [3.63, 3.8) is 0 Å². The first-order chi connectivity index (χ1) is 9.25. The van der Waals surface area contributed by atoms with Crippen molar-refractivity contribution in [1.82, 2.24) is 9.97 Å². The molecule has 0 bridgehead atoms. The summed E-state index contributed by atoms with van der Waals surface area (Å²) in [5.74, 6) is 0.358. The van der Waals surface area contributed by atoms with Crippen LogP contribution in [0.2, 0.25) is 0 Å². The van der Waals surface area contributed by atoms with Gasteiger partial charge < -0.3 is 5.11 Å². The topological polar surface area (TPSA) is 91.0 Å². The molecule has 0 aliphatic carbocycles. The lowest BCUT2D eigenvalue weighted by Gasteiger charge is -2.15. The molecule has 0 unspecified atom stereocenters. The number of aromatic nitrogens is 2. The van der Waals surface area contributed by atoms with E-state index < -0.39 is 6.09 Å². The third-order valence-corrected chi connectivity index (χ3v) is 2.64. The van der Waals surface area contributed by atoms with Crippen LogP contribution in [0.15, 0.2) is 52.1 Å². The molecule has 0 aromatic carbocycles. The summed E-state index contributed by atoms with van der Waals surface area (Å²) in [5.41, 5.74) is 1.62. The first kappa shape index (κ1) is 11.3. The summed E-state index contributed by atoms with van der Waals surface area (Å²) in [6.07, 6.45) is 7.42. The maximum atomic E-state index is 11.4. The van der Waals surface area contributed by atoms with Gasteiger partial charge in [0.1, 0.15) is 5.82 Å². The molecule has 7 heteroatoms. The van der Waals surface area contributed by atoms with E-state index in [-0.39, 0.29) is 11.8 Å². The molecule has 0 saturated carbocycles. The number of anilines is 1. The van der Waals surface area contributed by atoms with Gasteiger partial charge in [0.15, 0.2) is 0 Å². The largest absolute Gasteiger partial charge is 0.464 e.